The lowest BCUT2D eigenvalue weighted by molar-refractivity contribution is 0.0237. The summed E-state index contributed by atoms with van der Waals surface area (Å²) in [7, 11) is 0. The second-order valence-corrected chi connectivity index (χ2v) is 14.4. The standard InChI is InChI=1S/C44H43NO6S/c1-5-45(43(47)51-44(2,3)4)26-27-48-35-20-16-33(17-21-35)41(46)40-38-25-24-37(50-30-32-14-10-7-11-15-32)28-39(38)52-42(40)34-18-22-36(23-19-34)49-29-31-12-8-6-9-13-31/h6-25,28H,5,26-27,29-30H2,1-4H3. The van der Waals surface area contributed by atoms with Crippen LogP contribution in [0, 0.1) is 0 Å². The highest BCUT2D eigenvalue weighted by molar-refractivity contribution is 7.22. The van der Waals surface area contributed by atoms with Crippen LogP contribution in [0.2, 0.25) is 0 Å². The molecule has 0 saturated heterocycles. The van der Waals surface area contributed by atoms with Crippen LogP contribution < -0.4 is 14.2 Å². The van der Waals surface area contributed by atoms with Crippen molar-refractivity contribution in [3.8, 4) is 27.7 Å². The molecule has 7 nitrogen and oxygen atoms in total. The van der Waals surface area contributed by atoms with Crippen LogP contribution in [0.25, 0.3) is 20.5 Å². The quantitative estimate of drug-likeness (QED) is 0.105. The lowest BCUT2D eigenvalue weighted by Crippen LogP contribution is -2.38. The fourth-order valence-corrected chi connectivity index (χ4v) is 6.84. The van der Waals surface area contributed by atoms with Crippen molar-refractivity contribution in [3.63, 3.8) is 0 Å². The highest BCUT2D eigenvalue weighted by Gasteiger charge is 2.23. The second-order valence-electron chi connectivity index (χ2n) is 13.3. The summed E-state index contributed by atoms with van der Waals surface area (Å²) in [5, 5.41) is 0.864. The minimum Gasteiger partial charge on any atom is -0.492 e. The Labute approximate surface area is 309 Å². The number of amides is 1. The molecule has 1 heterocycles. The van der Waals surface area contributed by atoms with Gasteiger partial charge < -0.3 is 23.8 Å². The average molecular weight is 714 g/mol. The van der Waals surface area contributed by atoms with Gasteiger partial charge in [0.1, 0.15) is 42.7 Å². The number of thiophene rings is 1. The second kappa shape index (κ2) is 16.6. The van der Waals surface area contributed by atoms with Gasteiger partial charge in [0.05, 0.1) is 6.54 Å². The molecule has 5 aromatic carbocycles. The van der Waals surface area contributed by atoms with Crippen molar-refractivity contribution < 1.29 is 28.5 Å². The van der Waals surface area contributed by atoms with E-state index >= 15 is 0 Å². The molecule has 0 saturated carbocycles. The van der Waals surface area contributed by atoms with Crippen molar-refractivity contribution in [1.29, 1.82) is 0 Å². The van der Waals surface area contributed by atoms with Gasteiger partial charge in [0.15, 0.2) is 5.78 Å². The number of rotatable bonds is 14. The Hall–Kier alpha value is -5.60. The van der Waals surface area contributed by atoms with E-state index in [0.717, 1.165) is 43.2 Å². The fourth-order valence-electron chi connectivity index (χ4n) is 5.61. The van der Waals surface area contributed by atoms with Gasteiger partial charge in [-0.3, -0.25) is 4.79 Å². The van der Waals surface area contributed by atoms with Gasteiger partial charge in [-0.1, -0.05) is 60.7 Å². The van der Waals surface area contributed by atoms with E-state index in [0.29, 0.717) is 49.8 Å². The van der Waals surface area contributed by atoms with Gasteiger partial charge in [-0.2, -0.15) is 0 Å². The molecule has 0 radical (unpaired) electrons. The zero-order valence-electron chi connectivity index (χ0n) is 30.0. The Morgan fingerprint density at radius 1 is 0.673 bits per heavy atom. The average Bonchev–Trinajstić information content (AvgIpc) is 3.54. The van der Waals surface area contributed by atoms with E-state index in [2.05, 4.69) is 0 Å². The Morgan fingerprint density at radius 2 is 1.23 bits per heavy atom. The Morgan fingerprint density at radius 3 is 1.83 bits per heavy atom. The maximum atomic E-state index is 14.3. The van der Waals surface area contributed by atoms with Crippen LogP contribution in [0.5, 0.6) is 17.2 Å². The third-order valence-electron chi connectivity index (χ3n) is 8.28. The van der Waals surface area contributed by atoms with Crippen LogP contribution in [-0.4, -0.2) is 42.1 Å². The number of nitrogens with zero attached hydrogens (tertiary/aromatic N) is 1. The number of likely N-dealkylation sites (N-methyl/N-ethyl adjacent to an activating group) is 1. The number of ether oxygens (including phenoxy) is 4. The SMILES string of the molecule is CCN(CCOc1ccc(C(=O)c2c(-c3ccc(OCc4ccccc4)cc3)sc3cc(OCc4ccccc4)ccc23)cc1)C(=O)OC(C)(C)C. The number of hydrogen-bond acceptors (Lipinski definition) is 7. The molecular formula is C44H43NO6S. The maximum absolute atomic E-state index is 14.3. The Bertz CT molecular complexity index is 2090. The van der Waals surface area contributed by atoms with E-state index in [-0.39, 0.29) is 11.9 Å². The van der Waals surface area contributed by atoms with Crippen molar-refractivity contribution in [3.05, 3.63) is 150 Å². The minimum absolute atomic E-state index is 0.0859. The van der Waals surface area contributed by atoms with Gasteiger partial charge in [-0.05, 0) is 111 Å². The van der Waals surface area contributed by atoms with Crippen LogP contribution in [0.1, 0.15) is 54.7 Å². The van der Waals surface area contributed by atoms with Crippen LogP contribution in [-0.2, 0) is 18.0 Å². The molecule has 1 aromatic heterocycles. The largest absolute Gasteiger partial charge is 0.492 e. The van der Waals surface area contributed by atoms with Crippen molar-refractivity contribution in [2.75, 3.05) is 19.7 Å². The summed E-state index contributed by atoms with van der Waals surface area (Å²) in [5.74, 6) is 2.01. The third kappa shape index (κ3) is 9.38. The molecule has 1 amide bonds. The summed E-state index contributed by atoms with van der Waals surface area (Å²) < 4.78 is 24.6. The van der Waals surface area contributed by atoms with Crippen LogP contribution >= 0.6 is 11.3 Å². The summed E-state index contributed by atoms with van der Waals surface area (Å²) in [4.78, 5) is 29.3. The first-order chi connectivity index (χ1) is 25.2. The first kappa shape index (κ1) is 36.2. The van der Waals surface area contributed by atoms with Gasteiger partial charge in [-0.15, -0.1) is 11.3 Å². The zero-order chi connectivity index (χ0) is 36.5. The predicted octanol–water partition coefficient (Wildman–Crippen LogP) is 10.6. The first-order valence-corrected chi connectivity index (χ1v) is 18.2. The molecule has 6 aromatic rings. The summed E-state index contributed by atoms with van der Waals surface area (Å²) in [5.41, 5.74) is 3.71. The number of benzene rings is 5. The van der Waals surface area contributed by atoms with Gasteiger partial charge >= 0.3 is 6.09 Å². The highest BCUT2D eigenvalue weighted by Crippen LogP contribution is 2.42. The van der Waals surface area contributed by atoms with Gasteiger partial charge in [0, 0.05) is 32.6 Å². The maximum Gasteiger partial charge on any atom is 0.410 e. The fraction of sp³-hybridized carbons (Fsp3) is 0.227. The molecule has 0 aliphatic carbocycles. The molecule has 266 valence electrons. The minimum atomic E-state index is -0.569. The molecular weight excluding hydrogens is 671 g/mol. The number of ketones is 1. The van der Waals surface area contributed by atoms with Crippen LogP contribution in [0.15, 0.2) is 127 Å². The molecule has 52 heavy (non-hydrogen) atoms. The Kier molecular flexibility index (Phi) is 11.6. The molecule has 0 fully saturated rings. The summed E-state index contributed by atoms with van der Waals surface area (Å²) >= 11 is 1.57. The van der Waals surface area contributed by atoms with Gasteiger partial charge in [0.2, 0.25) is 0 Å². The van der Waals surface area contributed by atoms with E-state index in [9.17, 15) is 9.59 Å². The van der Waals surface area contributed by atoms with Gasteiger partial charge in [0.25, 0.3) is 0 Å². The van der Waals surface area contributed by atoms with Crippen molar-refractivity contribution in [2.24, 2.45) is 0 Å². The third-order valence-corrected chi connectivity index (χ3v) is 9.48. The monoisotopic (exact) mass is 713 g/mol. The van der Waals surface area contributed by atoms with E-state index in [4.69, 9.17) is 18.9 Å². The molecule has 0 atom stereocenters. The van der Waals surface area contributed by atoms with E-state index in [1.54, 1.807) is 40.5 Å². The summed E-state index contributed by atoms with van der Waals surface area (Å²) in [6, 6.07) is 41.0. The lowest BCUT2D eigenvalue weighted by Gasteiger charge is -2.26. The van der Waals surface area contributed by atoms with E-state index in [1.165, 1.54) is 0 Å². The molecule has 8 heteroatoms. The number of hydrogen-bond donors (Lipinski definition) is 0. The van der Waals surface area contributed by atoms with Crippen molar-refractivity contribution in [1.82, 2.24) is 4.90 Å². The molecule has 0 N–H and O–H groups in total. The number of carbonyl (C=O) groups excluding carboxylic acids is 2. The van der Waals surface area contributed by atoms with Crippen molar-refractivity contribution in [2.45, 2.75) is 46.5 Å². The number of carbonyl (C=O) groups is 2. The van der Waals surface area contributed by atoms with Crippen molar-refractivity contribution >= 4 is 33.3 Å². The smallest absolute Gasteiger partial charge is 0.410 e. The van der Waals surface area contributed by atoms with Crippen LogP contribution in [0.3, 0.4) is 0 Å². The molecule has 0 aliphatic rings. The molecule has 6 rings (SSSR count). The molecule has 0 unspecified atom stereocenters. The van der Waals surface area contributed by atoms with Crippen LogP contribution in [0.4, 0.5) is 4.79 Å². The summed E-state index contributed by atoms with van der Waals surface area (Å²) in [6.07, 6.45) is -0.373. The summed E-state index contributed by atoms with van der Waals surface area (Å²) in [6.45, 7) is 9.54. The number of fused-ring (bicyclic) bond motifs is 1. The predicted molar refractivity (Wildman–Crippen MR) is 208 cm³/mol. The molecule has 0 spiro atoms. The van der Waals surface area contributed by atoms with Gasteiger partial charge in [-0.25, -0.2) is 4.79 Å². The van der Waals surface area contributed by atoms with E-state index < -0.39 is 5.60 Å². The van der Waals surface area contributed by atoms with E-state index in [1.807, 2.05) is 131 Å². The molecule has 0 aliphatic heterocycles. The highest BCUT2D eigenvalue weighted by atomic mass is 32.1. The zero-order valence-corrected chi connectivity index (χ0v) is 30.8. The Balaban J connectivity index is 1.22. The molecule has 0 bridgehead atoms. The topological polar surface area (TPSA) is 74.3 Å². The first-order valence-electron chi connectivity index (χ1n) is 17.4. The lowest BCUT2D eigenvalue weighted by atomic mass is 9.97. The normalized spacial score (nSPS) is 11.2.